The van der Waals surface area contributed by atoms with Crippen LogP contribution < -0.4 is 11.1 Å². The van der Waals surface area contributed by atoms with E-state index in [9.17, 15) is 0 Å². The molecule has 2 heteroatoms. The van der Waals surface area contributed by atoms with Crippen LogP contribution in [0.3, 0.4) is 0 Å². The van der Waals surface area contributed by atoms with Gasteiger partial charge in [-0.05, 0) is 37.1 Å². The quantitative estimate of drug-likeness (QED) is 0.721. The molecule has 1 rings (SSSR count). The Morgan fingerprint density at radius 1 is 1.40 bits per heavy atom. The molecule has 0 amide bonds. The number of nitrogens with one attached hydrogen (secondary N) is 1. The summed E-state index contributed by atoms with van der Waals surface area (Å²) in [6.07, 6.45) is 2.09. The van der Waals surface area contributed by atoms with Crippen molar-refractivity contribution >= 4 is 16.9 Å². The van der Waals surface area contributed by atoms with Gasteiger partial charge >= 0.3 is 0 Å². The molecule has 15 heavy (non-hydrogen) atoms. The average molecular weight is 208 g/mol. The minimum atomic E-state index is 0. The van der Waals surface area contributed by atoms with E-state index in [4.69, 9.17) is 5.73 Å². The summed E-state index contributed by atoms with van der Waals surface area (Å²) in [5.74, 6) is 0. The van der Waals surface area contributed by atoms with E-state index in [2.05, 4.69) is 24.4 Å². The van der Waals surface area contributed by atoms with Crippen molar-refractivity contribution in [2.75, 3.05) is 18.1 Å². The predicted molar refractivity (Wildman–Crippen MR) is 73.2 cm³/mol. The first-order valence-electron chi connectivity index (χ1n) is 5.39. The topological polar surface area (TPSA) is 38.0 Å². The van der Waals surface area contributed by atoms with Crippen LogP contribution in [0.15, 0.2) is 24.3 Å². The van der Waals surface area contributed by atoms with Crippen molar-refractivity contribution in [3.05, 3.63) is 29.8 Å². The monoisotopic (exact) mass is 208 g/mol. The van der Waals surface area contributed by atoms with Crippen molar-refractivity contribution in [3.63, 3.8) is 0 Å². The van der Waals surface area contributed by atoms with E-state index in [1.165, 1.54) is 11.1 Å². The van der Waals surface area contributed by atoms with Gasteiger partial charge in [-0.25, -0.2) is 0 Å². The van der Waals surface area contributed by atoms with Gasteiger partial charge in [0.1, 0.15) is 0 Å². The molecule has 0 unspecified atom stereocenters. The molecule has 0 fully saturated rings. The molecule has 2 nitrogen and oxygen atoms in total. The molecule has 0 saturated heterocycles. The van der Waals surface area contributed by atoms with Gasteiger partial charge in [0.05, 0.1) is 11.4 Å². The van der Waals surface area contributed by atoms with Crippen molar-refractivity contribution in [2.45, 2.75) is 27.7 Å². The maximum absolute atomic E-state index is 5.76. The minimum Gasteiger partial charge on any atom is -0.397 e. The van der Waals surface area contributed by atoms with Crippen LogP contribution in [0.1, 0.15) is 34.7 Å². The van der Waals surface area contributed by atoms with E-state index in [0.29, 0.717) is 0 Å². The van der Waals surface area contributed by atoms with E-state index < -0.39 is 0 Å². The standard InChI is InChI=1S/C11H16N2.C2H6.H2/c1-4-8(2)9-5-6-10(12)11(7-9)13-3;1-2;/h4-7,13H,12H2,1-3H3;1-2H3;1H/b8-4+;;. The molecule has 0 aliphatic carbocycles. The Kier molecular flexibility index (Phi) is 6.27. The zero-order valence-electron chi connectivity index (χ0n) is 10.4. The Morgan fingerprint density at radius 2 is 2.00 bits per heavy atom. The molecule has 0 saturated carbocycles. The van der Waals surface area contributed by atoms with Gasteiger partial charge in [-0.2, -0.15) is 0 Å². The lowest BCUT2D eigenvalue weighted by molar-refractivity contribution is 1.47. The third-order valence-corrected chi connectivity index (χ3v) is 2.21. The Bertz CT molecular complexity index is 333. The molecule has 0 spiro atoms. The van der Waals surface area contributed by atoms with Crippen molar-refractivity contribution in [1.29, 1.82) is 0 Å². The van der Waals surface area contributed by atoms with Crippen LogP contribution in [0.5, 0.6) is 0 Å². The summed E-state index contributed by atoms with van der Waals surface area (Å²) in [5.41, 5.74) is 10.0. The second-order valence-corrected chi connectivity index (χ2v) is 3.02. The number of nitrogen functional groups attached to an aromatic ring is 1. The second-order valence-electron chi connectivity index (χ2n) is 3.02. The predicted octanol–water partition coefficient (Wildman–Crippen LogP) is 4.01. The van der Waals surface area contributed by atoms with Gasteiger partial charge in [-0.3, -0.25) is 0 Å². The molecule has 0 atom stereocenters. The highest BCUT2D eigenvalue weighted by Crippen LogP contribution is 2.23. The molecule has 1 aromatic rings. The molecule has 86 valence electrons. The zero-order chi connectivity index (χ0) is 11.8. The number of rotatable bonds is 2. The SMILES string of the molecule is C/C=C(\C)c1ccc(N)c(NC)c1.CC.[HH]. The third kappa shape index (κ3) is 3.66. The highest BCUT2D eigenvalue weighted by Gasteiger charge is 1.99. The smallest absolute Gasteiger partial charge is 0.0577 e. The Morgan fingerprint density at radius 3 is 2.47 bits per heavy atom. The summed E-state index contributed by atoms with van der Waals surface area (Å²) in [4.78, 5) is 0. The number of allylic oxidation sites excluding steroid dienone is 2. The fraction of sp³-hybridized carbons (Fsp3) is 0.385. The van der Waals surface area contributed by atoms with Crippen LogP contribution in [0.2, 0.25) is 0 Å². The molecular weight excluding hydrogens is 184 g/mol. The number of benzene rings is 1. The van der Waals surface area contributed by atoms with Crippen molar-refractivity contribution in [3.8, 4) is 0 Å². The lowest BCUT2D eigenvalue weighted by Gasteiger charge is -2.07. The van der Waals surface area contributed by atoms with Crippen molar-refractivity contribution in [2.24, 2.45) is 0 Å². The van der Waals surface area contributed by atoms with E-state index in [0.717, 1.165) is 11.4 Å². The second kappa shape index (κ2) is 6.93. The van der Waals surface area contributed by atoms with E-state index in [1.807, 2.05) is 40.0 Å². The molecule has 0 heterocycles. The lowest BCUT2D eigenvalue weighted by atomic mass is 10.1. The van der Waals surface area contributed by atoms with Crippen LogP contribution in [0, 0.1) is 0 Å². The fourth-order valence-corrected chi connectivity index (χ4v) is 1.18. The highest BCUT2D eigenvalue weighted by molar-refractivity contribution is 5.74. The summed E-state index contributed by atoms with van der Waals surface area (Å²) in [7, 11) is 1.88. The molecule has 3 N–H and O–H groups in total. The lowest BCUT2D eigenvalue weighted by Crippen LogP contribution is -1.96. The van der Waals surface area contributed by atoms with Crippen LogP contribution in [0.25, 0.3) is 5.57 Å². The largest absolute Gasteiger partial charge is 0.397 e. The van der Waals surface area contributed by atoms with E-state index in [-0.39, 0.29) is 1.43 Å². The highest BCUT2D eigenvalue weighted by atomic mass is 14.8. The summed E-state index contributed by atoms with van der Waals surface area (Å²) in [5, 5.41) is 3.06. The summed E-state index contributed by atoms with van der Waals surface area (Å²) in [6.45, 7) is 8.12. The molecule has 0 radical (unpaired) electrons. The van der Waals surface area contributed by atoms with Crippen molar-refractivity contribution in [1.82, 2.24) is 0 Å². The first-order valence-corrected chi connectivity index (χ1v) is 5.39. The molecule has 1 aromatic carbocycles. The van der Waals surface area contributed by atoms with Gasteiger partial charge in [0.15, 0.2) is 0 Å². The molecule has 0 aliphatic heterocycles. The summed E-state index contributed by atoms with van der Waals surface area (Å²) < 4.78 is 0. The first-order chi connectivity index (χ1) is 7.19. The van der Waals surface area contributed by atoms with Crippen molar-refractivity contribution < 1.29 is 1.43 Å². The van der Waals surface area contributed by atoms with E-state index in [1.54, 1.807) is 0 Å². The third-order valence-electron chi connectivity index (χ3n) is 2.21. The Labute approximate surface area is 94.7 Å². The fourth-order valence-electron chi connectivity index (χ4n) is 1.18. The summed E-state index contributed by atoms with van der Waals surface area (Å²) >= 11 is 0. The molecule has 0 aliphatic rings. The Balaban J connectivity index is 0. The van der Waals surface area contributed by atoms with Crippen LogP contribution in [0.4, 0.5) is 11.4 Å². The normalized spacial score (nSPS) is 10.3. The Hall–Kier alpha value is -1.44. The zero-order valence-corrected chi connectivity index (χ0v) is 10.4. The molecule has 0 bridgehead atoms. The van der Waals surface area contributed by atoms with Gasteiger partial charge in [-0.1, -0.05) is 26.0 Å². The van der Waals surface area contributed by atoms with Crippen LogP contribution in [-0.4, -0.2) is 7.05 Å². The number of hydrogen-bond donors (Lipinski definition) is 2. The van der Waals surface area contributed by atoms with E-state index >= 15 is 0 Å². The number of hydrogen-bond acceptors (Lipinski definition) is 2. The summed E-state index contributed by atoms with van der Waals surface area (Å²) in [6, 6.07) is 6.02. The van der Waals surface area contributed by atoms with Gasteiger partial charge in [0, 0.05) is 8.47 Å². The average Bonchev–Trinajstić information content (AvgIpc) is 2.31. The van der Waals surface area contributed by atoms with Crippen LogP contribution >= 0.6 is 0 Å². The minimum absolute atomic E-state index is 0. The number of nitrogens with two attached hydrogens (primary N) is 1. The first kappa shape index (κ1) is 13.6. The molecule has 0 aromatic heterocycles. The van der Waals surface area contributed by atoms with Gasteiger partial charge in [-0.15, -0.1) is 0 Å². The maximum atomic E-state index is 5.76. The van der Waals surface area contributed by atoms with Gasteiger partial charge < -0.3 is 11.1 Å². The van der Waals surface area contributed by atoms with Gasteiger partial charge in [0.25, 0.3) is 0 Å². The van der Waals surface area contributed by atoms with Gasteiger partial charge in [0.2, 0.25) is 0 Å². The maximum Gasteiger partial charge on any atom is 0.0577 e. The number of anilines is 2. The molecular formula is C13H24N2. The van der Waals surface area contributed by atoms with Crippen LogP contribution in [-0.2, 0) is 0 Å².